The van der Waals surface area contributed by atoms with Gasteiger partial charge in [0.2, 0.25) is 0 Å². The van der Waals surface area contributed by atoms with E-state index in [4.69, 9.17) is 14.6 Å². The minimum absolute atomic E-state index is 0.215. The van der Waals surface area contributed by atoms with Crippen LogP contribution >= 0.6 is 11.3 Å². The molecule has 0 radical (unpaired) electrons. The third-order valence-electron chi connectivity index (χ3n) is 5.08. The molecule has 0 saturated carbocycles. The highest BCUT2D eigenvalue weighted by Gasteiger charge is 2.20. The Morgan fingerprint density at radius 2 is 1.89 bits per heavy atom. The van der Waals surface area contributed by atoms with Crippen molar-refractivity contribution in [3.05, 3.63) is 70.4 Å². The zero-order valence-electron chi connectivity index (χ0n) is 21.0. The quantitative estimate of drug-likeness (QED) is 0.114. The second-order valence-electron chi connectivity index (χ2n) is 8.30. The van der Waals surface area contributed by atoms with Gasteiger partial charge in [-0.15, -0.1) is 11.3 Å². The van der Waals surface area contributed by atoms with Crippen LogP contribution in [0.1, 0.15) is 59.6 Å². The van der Waals surface area contributed by atoms with Crippen LogP contribution in [0.15, 0.2) is 55.1 Å². The second kappa shape index (κ2) is 15.9. The molecule has 0 aliphatic heterocycles. The minimum Gasteiger partial charge on any atom is -0.495 e. The van der Waals surface area contributed by atoms with Crippen LogP contribution in [0.3, 0.4) is 0 Å². The molecule has 0 aliphatic carbocycles. The van der Waals surface area contributed by atoms with Gasteiger partial charge in [0, 0.05) is 18.5 Å². The fraction of sp³-hybridized carbons (Fsp3) is 0.407. The standard InChI is InChI=1S/C17H27NO4.C10H10O2S/c1-17(2,21)18(3)13-14-9-6-7-10-15(14)22-12-8-4-5-11-16(19)20;1-3-4-9(12-2)10-6-5-8(7-11)13-10/h6-7,9-10,21H,4-5,8,11-13H2,1-3H3,(H,19,20);3-7H,1H2,2H3/b;9-4-. The van der Waals surface area contributed by atoms with Gasteiger partial charge in [-0.25, -0.2) is 0 Å². The SMILES string of the molecule is C=C/C=C(\OC)c1ccc(C=O)s1.CN(Cc1ccccc1OCCCCCC(=O)O)C(C)(C)O. The molecular formula is C27H37NO6S. The largest absolute Gasteiger partial charge is 0.495 e. The highest BCUT2D eigenvalue weighted by molar-refractivity contribution is 7.14. The van der Waals surface area contributed by atoms with E-state index in [1.54, 1.807) is 39.2 Å². The summed E-state index contributed by atoms with van der Waals surface area (Å²) in [4.78, 5) is 24.3. The molecule has 0 amide bonds. The first-order valence-electron chi connectivity index (χ1n) is 11.4. The van der Waals surface area contributed by atoms with E-state index in [0.29, 0.717) is 24.4 Å². The minimum atomic E-state index is -0.885. The molecule has 1 aromatic heterocycles. The predicted molar refractivity (Wildman–Crippen MR) is 141 cm³/mol. The number of para-hydroxylation sites is 1. The number of benzene rings is 1. The van der Waals surface area contributed by atoms with E-state index in [-0.39, 0.29) is 6.42 Å². The maximum atomic E-state index is 10.4. The van der Waals surface area contributed by atoms with Crippen LogP contribution in [0.2, 0.25) is 0 Å². The van der Waals surface area contributed by atoms with Crippen molar-refractivity contribution < 1.29 is 29.3 Å². The van der Waals surface area contributed by atoms with Gasteiger partial charge in [-0.1, -0.05) is 30.9 Å². The van der Waals surface area contributed by atoms with Gasteiger partial charge >= 0.3 is 5.97 Å². The Hall–Kier alpha value is -2.94. The molecule has 35 heavy (non-hydrogen) atoms. The number of carbonyl (C=O) groups is 2. The van der Waals surface area contributed by atoms with Crippen LogP contribution in [0.4, 0.5) is 0 Å². The maximum Gasteiger partial charge on any atom is 0.303 e. The van der Waals surface area contributed by atoms with Crippen LogP contribution in [-0.2, 0) is 16.1 Å². The van der Waals surface area contributed by atoms with E-state index in [1.165, 1.54) is 11.3 Å². The summed E-state index contributed by atoms with van der Waals surface area (Å²) in [7, 11) is 3.46. The van der Waals surface area contributed by atoms with Crippen LogP contribution in [0, 0.1) is 0 Å². The van der Waals surface area contributed by atoms with Crippen LogP contribution in [0.5, 0.6) is 5.75 Å². The Kier molecular flexibility index (Phi) is 13.6. The molecule has 0 saturated heterocycles. The van der Waals surface area contributed by atoms with Gasteiger partial charge in [0.05, 0.1) is 23.5 Å². The summed E-state index contributed by atoms with van der Waals surface area (Å²) in [5.41, 5.74) is 0.141. The molecule has 1 heterocycles. The molecule has 7 nitrogen and oxygen atoms in total. The number of carboxylic acid groups (broad SMARTS) is 1. The lowest BCUT2D eigenvalue weighted by Gasteiger charge is -2.30. The van der Waals surface area contributed by atoms with Crippen molar-refractivity contribution in [2.45, 2.75) is 51.8 Å². The third-order valence-corrected chi connectivity index (χ3v) is 6.11. The lowest BCUT2D eigenvalue weighted by molar-refractivity contribution is -0.137. The zero-order valence-corrected chi connectivity index (χ0v) is 21.8. The highest BCUT2D eigenvalue weighted by atomic mass is 32.1. The molecule has 2 aromatic rings. The average Bonchev–Trinajstić information content (AvgIpc) is 3.29. The molecule has 2 rings (SSSR count). The van der Waals surface area contributed by atoms with E-state index in [1.807, 2.05) is 42.3 Å². The third kappa shape index (κ3) is 11.8. The number of aliphatic carboxylic acids is 1. The number of nitrogens with zero attached hydrogens (tertiary/aromatic N) is 1. The van der Waals surface area contributed by atoms with Crippen LogP contribution < -0.4 is 4.74 Å². The Balaban J connectivity index is 0.000000400. The van der Waals surface area contributed by atoms with Gasteiger partial charge in [0.25, 0.3) is 0 Å². The summed E-state index contributed by atoms with van der Waals surface area (Å²) in [5, 5.41) is 18.6. The van der Waals surface area contributed by atoms with Crippen LogP contribution in [0.25, 0.3) is 5.76 Å². The summed E-state index contributed by atoms with van der Waals surface area (Å²) in [6, 6.07) is 11.4. The van der Waals surface area contributed by atoms with Crippen molar-refractivity contribution in [3.8, 4) is 5.75 Å². The van der Waals surface area contributed by atoms with E-state index in [2.05, 4.69) is 6.58 Å². The number of carbonyl (C=O) groups excluding carboxylic acids is 1. The molecule has 0 bridgehead atoms. The van der Waals surface area contributed by atoms with Crippen molar-refractivity contribution in [2.24, 2.45) is 0 Å². The number of methoxy groups -OCH3 is 1. The molecule has 0 unspecified atom stereocenters. The molecule has 0 atom stereocenters. The lowest BCUT2D eigenvalue weighted by atomic mass is 10.1. The van der Waals surface area contributed by atoms with Crippen molar-refractivity contribution in [2.75, 3.05) is 20.8 Å². The normalized spacial score (nSPS) is 11.4. The van der Waals surface area contributed by atoms with Gasteiger partial charge in [-0.3, -0.25) is 14.5 Å². The monoisotopic (exact) mass is 503 g/mol. The number of aldehydes is 1. The molecule has 0 spiro atoms. The van der Waals surface area contributed by atoms with Gasteiger partial charge in [-0.05, 0) is 64.4 Å². The highest BCUT2D eigenvalue weighted by Crippen LogP contribution is 2.24. The van der Waals surface area contributed by atoms with Crippen molar-refractivity contribution in [1.82, 2.24) is 4.90 Å². The number of aliphatic hydroxyl groups is 1. The predicted octanol–water partition coefficient (Wildman–Crippen LogP) is 5.60. The number of unbranched alkanes of at least 4 members (excludes halogenated alkanes) is 2. The number of hydrogen-bond acceptors (Lipinski definition) is 7. The molecule has 8 heteroatoms. The zero-order chi connectivity index (χ0) is 26.3. The average molecular weight is 504 g/mol. The number of rotatable bonds is 14. The molecule has 0 fully saturated rings. The van der Waals surface area contributed by atoms with Gasteiger partial charge in [0.1, 0.15) is 17.2 Å². The van der Waals surface area contributed by atoms with E-state index in [0.717, 1.165) is 41.1 Å². The Morgan fingerprint density at radius 3 is 2.46 bits per heavy atom. The van der Waals surface area contributed by atoms with E-state index in [9.17, 15) is 14.7 Å². The second-order valence-corrected chi connectivity index (χ2v) is 9.42. The number of hydrogen-bond donors (Lipinski definition) is 2. The summed E-state index contributed by atoms with van der Waals surface area (Å²) < 4.78 is 10.9. The summed E-state index contributed by atoms with van der Waals surface area (Å²) in [6.45, 7) is 8.25. The fourth-order valence-electron chi connectivity index (χ4n) is 2.87. The first-order chi connectivity index (χ1) is 16.6. The number of thiophene rings is 1. The molecule has 1 aromatic carbocycles. The Bertz CT molecular complexity index is 961. The van der Waals surface area contributed by atoms with Gasteiger partial charge in [0.15, 0.2) is 6.29 Å². The number of allylic oxidation sites excluding steroid dienone is 2. The van der Waals surface area contributed by atoms with Crippen molar-refractivity contribution >= 4 is 29.4 Å². The topological polar surface area (TPSA) is 96.3 Å². The smallest absolute Gasteiger partial charge is 0.303 e. The molecular weight excluding hydrogens is 466 g/mol. The first-order valence-corrected chi connectivity index (χ1v) is 12.2. The van der Waals surface area contributed by atoms with E-state index < -0.39 is 11.7 Å². The Labute approximate surface area is 212 Å². The van der Waals surface area contributed by atoms with Crippen molar-refractivity contribution in [1.29, 1.82) is 0 Å². The van der Waals surface area contributed by atoms with Crippen LogP contribution in [-0.4, -0.2) is 53.9 Å². The summed E-state index contributed by atoms with van der Waals surface area (Å²) in [6.07, 6.45) is 6.82. The summed E-state index contributed by atoms with van der Waals surface area (Å²) >= 11 is 1.40. The van der Waals surface area contributed by atoms with E-state index >= 15 is 0 Å². The summed E-state index contributed by atoms with van der Waals surface area (Å²) in [5.74, 6) is 0.797. The molecule has 0 aliphatic rings. The maximum absolute atomic E-state index is 10.4. The lowest BCUT2D eigenvalue weighted by Crippen LogP contribution is -2.40. The first kappa shape index (κ1) is 30.1. The number of carboxylic acids is 1. The van der Waals surface area contributed by atoms with Gasteiger partial charge < -0.3 is 19.7 Å². The Morgan fingerprint density at radius 1 is 1.17 bits per heavy atom. The molecule has 192 valence electrons. The molecule has 2 N–H and O–H groups in total. The number of ether oxygens (including phenoxy) is 2. The van der Waals surface area contributed by atoms with Crippen molar-refractivity contribution in [3.63, 3.8) is 0 Å². The van der Waals surface area contributed by atoms with Gasteiger partial charge in [-0.2, -0.15) is 0 Å². The fourth-order valence-corrected chi connectivity index (χ4v) is 3.69.